The number of carbonyl (C=O) groups excluding carboxylic acids is 1. The van der Waals surface area contributed by atoms with Gasteiger partial charge in [0, 0.05) is 18.2 Å². The zero-order valence-electron chi connectivity index (χ0n) is 17.3. The molecule has 1 amide bonds. The number of rotatable bonds is 8. The summed E-state index contributed by atoms with van der Waals surface area (Å²) in [6, 6.07) is 16.4. The van der Waals surface area contributed by atoms with Crippen LogP contribution in [0.3, 0.4) is 0 Å². The van der Waals surface area contributed by atoms with Crippen LogP contribution in [0.25, 0.3) is 11.3 Å². The lowest BCUT2D eigenvalue weighted by Crippen LogP contribution is -2.34. The second-order valence-electron chi connectivity index (χ2n) is 6.87. The molecule has 30 heavy (non-hydrogen) atoms. The summed E-state index contributed by atoms with van der Waals surface area (Å²) in [7, 11) is 1.60. The largest absolute Gasteiger partial charge is 0.497 e. The fraction of sp³-hybridized carbons (Fsp3) is 0.261. The minimum absolute atomic E-state index is 0.0854. The van der Waals surface area contributed by atoms with Crippen LogP contribution in [0.1, 0.15) is 11.1 Å². The molecule has 0 atom stereocenters. The monoisotopic (exact) mass is 407 g/mol. The molecule has 1 N–H and O–H groups in total. The van der Waals surface area contributed by atoms with Gasteiger partial charge in [0.1, 0.15) is 11.5 Å². The normalized spacial score (nSPS) is 10.5. The Hall–Kier alpha value is -3.61. The molecule has 0 radical (unpaired) electrons. The van der Waals surface area contributed by atoms with E-state index in [4.69, 9.17) is 9.47 Å². The number of benzene rings is 2. The zero-order valence-corrected chi connectivity index (χ0v) is 17.3. The number of amides is 1. The van der Waals surface area contributed by atoms with Gasteiger partial charge < -0.3 is 14.8 Å². The SMILES string of the molecule is COc1cccc(-c2ccc(=O)n(CCNC(=O)COc3c(C)cccc3C)n2)c1. The highest BCUT2D eigenvalue weighted by atomic mass is 16.5. The molecule has 0 bridgehead atoms. The van der Waals surface area contributed by atoms with Crippen LogP contribution in [-0.4, -0.2) is 35.9 Å². The maximum atomic E-state index is 12.1. The van der Waals surface area contributed by atoms with E-state index in [1.165, 1.54) is 10.7 Å². The van der Waals surface area contributed by atoms with Crippen molar-refractivity contribution in [2.45, 2.75) is 20.4 Å². The smallest absolute Gasteiger partial charge is 0.266 e. The third kappa shape index (κ3) is 5.26. The van der Waals surface area contributed by atoms with E-state index < -0.39 is 0 Å². The molecule has 3 rings (SSSR count). The van der Waals surface area contributed by atoms with Gasteiger partial charge in [0.25, 0.3) is 11.5 Å². The van der Waals surface area contributed by atoms with Crippen molar-refractivity contribution in [2.75, 3.05) is 20.3 Å². The molecule has 2 aromatic carbocycles. The summed E-state index contributed by atoms with van der Waals surface area (Å²) < 4.78 is 12.2. The fourth-order valence-corrected chi connectivity index (χ4v) is 3.06. The van der Waals surface area contributed by atoms with E-state index in [0.717, 1.165) is 22.4 Å². The summed E-state index contributed by atoms with van der Waals surface area (Å²) in [6.45, 7) is 4.31. The summed E-state index contributed by atoms with van der Waals surface area (Å²) in [6.07, 6.45) is 0. The maximum Gasteiger partial charge on any atom is 0.266 e. The second-order valence-corrected chi connectivity index (χ2v) is 6.87. The van der Waals surface area contributed by atoms with Gasteiger partial charge in [-0.15, -0.1) is 0 Å². The van der Waals surface area contributed by atoms with Crippen LogP contribution in [-0.2, 0) is 11.3 Å². The first kappa shape index (κ1) is 21.1. The van der Waals surface area contributed by atoms with Gasteiger partial charge in [-0.25, -0.2) is 4.68 Å². The summed E-state index contributed by atoms with van der Waals surface area (Å²) in [4.78, 5) is 24.2. The van der Waals surface area contributed by atoms with Crippen molar-refractivity contribution in [2.24, 2.45) is 0 Å². The number of carbonyl (C=O) groups is 1. The van der Waals surface area contributed by atoms with Crippen molar-refractivity contribution in [3.8, 4) is 22.8 Å². The molecule has 156 valence electrons. The summed E-state index contributed by atoms with van der Waals surface area (Å²) >= 11 is 0. The molecule has 0 saturated carbocycles. The lowest BCUT2D eigenvalue weighted by molar-refractivity contribution is -0.123. The molecule has 0 unspecified atom stereocenters. The summed E-state index contributed by atoms with van der Waals surface area (Å²) in [5, 5.41) is 7.16. The number of methoxy groups -OCH3 is 1. The molecule has 7 heteroatoms. The Morgan fingerprint density at radius 3 is 2.53 bits per heavy atom. The molecule has 1 aromatic heterocycles. The molecular formula is C23H25N3O4. The van der Waals surface area contributed by atoms with Crippen LogP contribution in [0.2, 0.25) is 0 Å². The summed E-state index contributed by atoms with van der Waals surface area (Å²) in [5.74, 6) is 1.18. The van der Waals surface area contributed by atoms with Gasteiger partial charge in [0.15, 0.2) is 6.61 Å². The highest BCUT2D eigenvalue weighted by Crippen LogP contribution is 2.22. The molecule has 3 aromatic rings. The molecule has 0 aliphatic carbocycles. The van der Waals surface area contributed by atoms with Gasteiger partial charge in [-0.3, -0.25) is 9.59 Å². The first-order valence-electron chi connectivity index (χ1n) is 9.66. The topological polar surface area (TPSA) is 82.5 Å². The number of nitrogens with zero attached hydrogens (tertiary/aromatic N) is 2. The Kier molecular flexibility index (Phi) is 6.85. The molecule has 0 spiro atoms. The zero-order chi connectivity index (χ0) is 21.5. The van der Waals surface area contributed by atoms with E-state index in [9.17, 15) is 9.59 Å². The van der Waals surface area contributed by atoms with Crippen molar-refractivity contribution in [3.05, 3.63) is 76.1 Å². The van der Waals surface area contributed by atoms with E-state index in [1.807, 2.05) is 56.3 Å². The van der Waals surface area contributed by atoms with Gasteiger partial charge in [-0.1, -0.05) is 30.3 Å². The Balaban J connectivity index is 1.58. The highest BCUT2D eigenvalue weighted by molar-refractivity contribution is 5.77. The highest BCUT2D eigenvalue weighted by Gasteiger charge is 2.08. The van der Waals surface area contributed by atoms with Crippen molar-refractivity contribution in [1.82, 2.24) is 15.1 Å². The van der Waals surface area contributed by atoms with E-state index in [1.54, 1.807) is 13.2 Å². The van der Waals surface area contributed by atoms with Crippen LogP contribution in [0.4, 0.5) is 0 Å². The van der Waals surface area contributed by atoms with Crippen molar-refractivity contribution in [1.29, 1.82) is 0 Å². The minimum atomic E-state index is -0.255. The van der Waals surface area contributed by atoms with Crippen LogP contribution >= 0.6 is 0 Å². The number of ether oxygens (including phenoxy) is 2. The fourth-order valence-electron chi connectivity index (χ4n) is 3.06. The molecule has 0 aliphatic heterocycles. The van der Waals surface area contributed by atoms with Crippen LogP contribution < -0.4 is 20.3 Å². The van der Waals surface area contributed by atoms with Gasteiger partial charge >= 0.3 is 0 Å². The first-order valence-corrected chi connectivity index (χ1v) is 9.66. The summed E-state index contributed by atoms with van der Waals surface area (Å²) in [5.41, 5.74) is 3.22. The Bertz CT molecular complexity index is 1070. The molecule has 0 saturated heterocycles. The van der Waals surface area contributed by atoms with Crippen LogP contribution in [0, 0.1) is 13.8 Å². The first-order chi connectivity index (χ1) is 14.5. The predicted molar refractivity (Wildman–Crippen MR) is 115 cm³/mol. The van der Waals surface area contributed by atoms with Gasteiger partial charge in [0.2, 0.25) is 0 Å². The lowest BCUT2D eigenvalue weighted by atomic mass is 10.1. The van der Waals surface area contributed by atoms with E-state index >= 15 is 0 Å². The number of aromatic nitrogens is 2. The maximum absolute atomic E-state index is 12.1. The molecule has 0 fully saturated rings. The van der Waals surface area contributed by atoms with Gasteiger partial charge in [0.05, 0.1) is 19.3 Å². The quantitative estimate of drug-likeness (QED) is 0.621. The standard InChI is InChI=1S/C23H25N3O4/c1-16-6-4-7-17(2)23(16)30-15-21(27)24-12-13-26-22(28)11-10-20(25-26)18-8-5-9-19(14-18)29-3/h4-11,14H,12-13,15H2,1-3H3,(H,24,27). The third-order valence-corrected chi connectivity index (χ3v) is 4.63. The van der Waals surface area contributed by atoms with Crippen LogP contribution in [0.5, 0.6) is 11.5 Å². The Morgan fingerprint density at radius 2 is 1.80 bits per heavy atom. The lowest BCUT2D eigenvalue weighted by Gasteiger charge is -2.12. The van der Waals surface area contributed by atoms with Crippen molar-refractivity contribution >= 4 is 5.91 Å². The van der Waals surface area contributed by atoms with Gasteiger partial charge in [-0.05, 0) is 43.2 Å². The Morgan fingerprint density at radius 1 is 1.07 bits per heavy atom. The third-order valence-electron chi connectivity index (χ3n) is 4.63. The molecule has 1 heterocycles. The van der Waals surface area contributed by atoms with Gasteiger partial charge in [-0.2, -0.15) is 5.10 Å². The predicted octanol–water partition coefficient (Wildman–Crippen LogP) is 2.73. The number of aryl methyl sites for hydroxylation is 2. The Labute approximate surface area is 175 Å². The molecule has 7 nitrogen and oxygen atoms in total. The van der Waals surface area contributed by atoms with E-state index in [2.05, 4.69) is 10.4 Å². The number of nitrogens with one attached hydrogen (secondary N) is 1. The number of hydrogen-bond donors (Lipinski definition) is 1. The van der Waals surface area contributed by atoms with Crippen molar-refractivity contribution in [3.63, 3.8) is 0 Å². The number of hydrogen-bond acceptors (Lipinski definition) is 5. The van der Waals surface area contributed by atoms with E-state index in [0.29, 0.717) is 11.4 Å². The van der Waals surface area contributed by atoms with E-state index in [-0.39, 0.29) is 31.2 Å². The van der Waals surface area contributed by atoms with Crippen LogP contribution in [0.15, 0.2) is 59.4 Å². The second kappa shape index (κ2) is 9.73. The molecule has 0 aliphatic rings. The van der Waals surface area contributed by atoms with Crippen molar-refractivity contribution < 1.29 is 14.3 Å². The molecular weight excluding hydrogens is 382 g/mol. The average molecular weight is 407 g/mol. The number of para-hydroxylation sites is 1. The minimum Gasteiger partial charge on any atom is -0.497 e. The average Bonchev–Trinajstić information content (AvgIpc) is 2.74.